The lowest BCUT2D eigenvalue weighted by molar-refractivity contribution is -0.119. The Hall–Kier alpha value is -3.94. The van der Waals surface area contributed by atoms with Crippen LogP contribution >= 0.6 is 0 Å². The standard InChI is InChI=1S/C29H34N6O2/c1-20(2)33-28-31-17-26(32-19-29(12-6-13-29)22-7-4-3-5-8-22)27(37)35(28)18-24(36)10-9-23-15-21-16-30-14-11-25(21)34-23/h3-5,7-8,11,14-17,20,32,34H,6,9-10,12-13,18-19H2,1-2H3,(H,31,33). The molecule has 0 amide bonds. The number of benzene rings is 1. The Morgan fingerprint density at radius 3 is 2.68 bits per heavy atom. The summed E-state index contributed by atoms with van der Waals surface area (Å²) in [5, 5.41) is 7.61. The molecule has 0 unspecified atom stereocenters. The molecule has 4 aromatic rings. The quantitative estimate of drug-likeness (QED) is 0.277. The van der Waals surface area contributed by atoms with Crippen LogP contribution in [0.15, 0.2) is 65.8 Å². The lowest BCUT2D eigenvalue weighted by Gasteiger charge is -2.42. The van der Waals surface area contributed by atoms with Crippen LogP contribution in [0.25, 0.3) is 10.9 Å². The number of Topliss-reactive ketones (excluding diaryl/α,β-unsaturated/α-hetero) is 1. The highest BCUT2D eigenvalue weighted by molar-refractivity contribution is 5.81. The fourth-order valence-electron chi connectivity index (χ4n) is 5.06. The third kappa shape index (κ3) is 5.43. The Bertz CT molecular complexity index is 1400. The summed E-state index contributed by atoms with van der Waals surface area (Å²) < 4.78 is 1.47. The van der Waals surface area contributed by atoms with Crippen LogP contribution in [0.2, 0.25) is 0 Å². The minimum Gasteiger partial charge on any atom is -0.378 e. The first-order valence-electron chi connectivity index (χ1n) is 13.0. The molecule has 37 heavy (non-hydrogen) atoms. The number of aromatic nitrogens is 4. The molecule has 1 aliphatic carbocycles. The highest BCUT2D eigenvalue weighted by Crippen LogP contribution is 2.43. The summed E-state index contributed by atoms with van der Waals surface area (Å²) in [7, 11) is 0. The van der Waals surface area contributed by atoms with Gasteiger partial charge in [0.15, 0.2) is 5.78 Å². The number of hydrogen-bond acceptors (Lipinski definition) is 6. The first-order valence-corrected chi connectivity index (χ1v) is 13.0. The number of pyridine rings is 1. The van der Waals surface area contributed by atoms with Crippen molar-refractivity contribution in [1.29, 1.82) is 0 Å². The van der Waals surface area contributed by atoms with E-state index in [1.165, 1.54) is 16.6 Å². The van der Waals surface area contributed by atoms with Crippen molar-refractivity contribution in [2.45, 2.75) is 64.0 Å². The van der Waals surface area contributed by atoms with E-state index >= 15 is 0 Å². The first-order chi connectivity index (χ1) is 17.9. The van der Waals surface area contributed by atoms with E-state index < -0.39 is 0 Å². The van der Waals surface area contributed by atoms with Gasteiger partial charge in [-0.3, -0.25) is 19.1 Å². The molecule has 0 spiro atoms. The van der Waals surface area contributed by atoms with Crippen LogP contribution in [-0.4, -0.2) is 37.9 Å². The van der Waals surface area contributed by atoms with E-state index in [1.807, 2.05) is 32.0 Å². The number of fused-ring (bicyclic) bond motifs is 1. The highest BCUT2D eigenvalue weighted by Gasteiger charge is 2.38. The number of nitrogens with zero attached hydrogens (tertiary/aromatic N) is 3. The number of aromatic amines is 1. The van der Waals surface area contributed by atoms with Gasteiger partial charge in [0.2, 0.25) is 5.95 Å². The molecule has 192 valence electrons. The second kappa shape index (κ2) is 10.6. The van der Waals surface area contributed by atoms with Crippen molar-refractivity contribution >= 4 is 28.3 Å². The topological polar surface area (TPSA) is 105 Å². The van der Waals surface area contributed by atoms with Gasteiger partial charge in [-0.1, -0.05) is 36.8 Å². The Morgan fingerprint density at radius 1 is 1.16 bits per heavy atom. The molecule has 3 heterocycles. The van der Waals surface area contributed by atoms with Gasteiger partial charge < -0.3 is 15.6 Å². The van der Waals surface area contributed by atoms with E-state index in [1.54, 1.807) is 18.6 Å². The van der Waals surface area contributed by atoms with E-state index in [-0.39, 0.29) is 29.3 Å². The second-order valence-electron chi connectivity index (χ2n) is 10.3. The predicted molar refractivity (Wildman–Crippen MR) is 147 cm³/mol. The molecule has 1 saturated carbocycles. The van der Waals surface area contributed by atoms with Crippen molar-refractivity contribution in [2.24, 2.45) is 0 Å². The SMILES string of the molecule is CC(C)Nc1ncc(NCC2(c3ccccc3)CCC2)c(=O)n1CC(=O)CCc1cc2cnccc2[nH]1. The summed E-state index contributed by atoms with van der Waals surface area (Å²) in [6.45, 7) is 4.60. The smallest absolute Gasteiger partial charge is 0.278 e. The normalized spacial score (nSPS) is 14.5. The van der Waals surface area contributed by atoms with Crippen LogP contribution in [-0.2, 0) is 23.2 Å². The summed E-state index contributed by atoms with van der Waals surface area (Å²) in [5.74, 6) is 0.390. The van der Waals surface area contributed by atoms with Gasteiger partial charge in [-0.15, -0.1) is 0 Å². The fourth-order valence-corrected chi connectivity index (χ4v) is 5.06. The summed E-state index contributed by atoms with van der Waals surface area (Å²) >= 11 is 0. The molecule has 0 atom stereocenters. The molecule has 0 saturated heterocycles. The van der Waals surface area contributed by atoms with E-state index in [9.17, 15) is 9.59 Å². The maximum absolute atomic E-state index is 13.5. The van der Waals surface area contributed by atoms with Gasteiger partial charge in [0.25, 0.3) is 5.56 Å². The number of carbonyl (C=O) groups excluding carboxylic acids is 1. The zero-order chi connectivity index (χ0) is 25.8. The summed E-state index contributed by atoms with van der Waals surface area (Å²) in [6, 6.07) is 14.5. The minimum atomic E-state index is -0.231. The number of anilines is 2. The molecule has 1 fully saturated rings. The molecule has 1 aromatic carbocycles. The van der Waals surface area contributed by atoms with Crippen molar-refractivity contribution in [1.82, 2.24) is 19.5 Å². The van der Waals surface area contributed by atoms with Gasteiger partial charge in [-0.2, -0.15) is 0 Å². The molecule has 3 N–H and O–H groups in total. The number of ketones is 1. The zero-order valence-electron chi connectivity index (χ0n) is 21.5. The van der Waals surface area contributed by atoms with Crippen molar-refractivity contribution < 1.29 is 4.79 Å². The Kier molecular flexibility index (Phi) is 7.08. The van der Waals surface area contributed by atoms with Crippen molar-refractivity contribution in [3.05, 3.63) is 82.7 Å². The summed E-state index contributed by atoms with van der Waals surface area (Å²) in [6.07, 6.45) is 9.37. The van der Waals surface area contributed by atoms with E-state index in [2.05, 4.69) is 49.9 Å². The van der Waals surface area contributed by atoms with Crippen LogP contribution in [0.4, 0.5) is 11.6 Å². The second-order valence-corrected chi connectivity index (χ2v) is 10.3. The Labute approximate surface area is 216 Å². The number of nitrogens with one attached hydrogen (secondary N) is 3. The molecular weight excluding hydrogens is 464 g/mol. The van der Waals surface area contributed by atoms with Crippen LogP contribution in [0.3, 0.4) is 0 Å². The van der Waals surface area contributed by atoms with Gasteiger partial charge in [0.1, 0.15) is 5.69 Å². The largest absolute Gasteiger partial charge is 0.378 e. The van der Waals surface area contributed by atoms with Gasteiger partial charge in [0, 0.05) is 53.4 Å². The number of H-pyrrole nitrogens is 1. The summed E-state index contributed by atoms with van der Waals surface area (Å²) in [4.78, 5) is 38.5. The number of aryl methyl sites for hydroxylation is 1. The number of carbonyl (C=O) groups is 1. The van der Waals surface area contributed by atoms with Gasteiger partial charge in [0.05, 0.1) is 12.7 Å². The van der Waals surface area contributed by atoms with Gasteiger partial charge >= 0.3 is 0 Å². The Balaban J connectivity index is 1.31. The maximum atomic E-state index is 13.5. The van der Waals surface area contributed by atoms with Crippen LogP contribution in [0, 0.1) is 0 Å². The third-order valence-electron chi connectivity index (χ3n) is 7.26. The molecule has 1 aliphatic rings. The molecule has 3 aromatic heterocycles. The maximum Gasteiger partial charge on any atom is 0.278 e. The summed E-state index contributed by atoms with van der Waals surface area (Å²) in [5.41, 5.74) is 3.49. The zero-order valence-corrected chi connectivity index (χ0v) is 21.5. The average Bonchev–Trinajstić information content (AvgIpc) is 3.29. The van der Waals surface area contributed by atoms with Crippen LogP contribution < -0.4 is 16.2 Å². The minimum absolute atomic E-state index is 0.0237. The van der Waals surface area contributed by atoms with E-state index in [4.69, 9.17) is 0 Å². The van der Waals surface area contributed by atoms with Gasteiger partial charge in [-0.25, -0.2) is 4.98 Å². The van der Waals surface area contributed by atoms with E-state index in [0.717, 1.165) is 29.4 Å². The molecule has 8 nitrogen and oxygen atoms in total. The molecular formula is C29H34N6O2. The molecule has 0 aliphatic heterocycles. The number of hydrogen-bond donors (Lipinski definition) is 3. The average molecular weight is 499 g/mol. The van der Waals surface area contributed by atoms with E-state index in [0.29, 0.717) is 31.0 Å². The third-order valence-corrected chi connectivity index (χ3v) is 7.26. The van der Waals surface area contributed by atoms with Crippen molar-refractivity contribution in [2.75, 3.05) is 17.2 Å². The van der Waals surface area contributed by atoms with Crippen molar-refractivity contribution in [3.63, 3.8) is 0 Å². The van der Waals surface area contributed by atoms with Crippen molar-refractivity contribution in [3.8, 4) is 0 Å². The lowest BCUT2D eigenvalue weighted by atomic mass is 9.64. The van der Waals surface area contributed by atoms with Crippen LogP contribution in [0.5, 0.6) is 0 Å². The molecule has 5 rings (SSSR count). The number of rotatable bonds is 11. The monoisotopic (exact) mass is 498 g/mol. The fraction of sp³-hybridized carbons (Fsp3) is 0.379. The van der Waals surface area contributed by atoms with Crippen LogP contribution in [0.1, 0.15) is 50.8 Å². The Morgan fingerprint density at radius 2 is 1.97 bits per heavy atom. The predicted octanol–water partition coefficient (Wildman–Crippen LogP) is 4.68. The highest BCUT2D eigenvalue weighted by atomic mass is 16.1. The lowest BCUT2D eigenvalue weighted by Crippen LogP contribution is -2.42. The molecule has 0 bridgehead atoms. The molecule has 8 heteroatoms. The molecule has 0 radical (unpaired) electrons. The van der Waals surface area contributed by atoms with Gasteiger partial charge in [-0.05, 0) is 50.8 Å². The first kappa shape index (κ1) is 24.7.